The van der Waals surface area contributed by atoms with Gasteiger partial charge in [-0.1, -0.05) is 23.7 Å². The van der Waals surface area contributed by atoms with Gasteiger partial charge in [0.25, 0.3) is 5.91 Å². The van der Waals surface area contributed by atoms with Crippen LogP contribution in [0, 0.1) is 0 Å². The SMILES string of the molecule is Cn1cc(-c2cnc(C(=O)NCc3ccc(Cl)cc3)cc2O[C@H]2CCN3C(=O)OC[C@@H]3C2)cn1. The number of piperidine rings is 1. The van der Waals surface area contributed by atoms with Crippen molar-refractivity contribution in [3.05, 3.63) is 65.2 Å². The van der Waals surface area contributed by atoms with E-state index in [1.165, 1.54) is 0 Å². The molecule has 0 saturated carbocycles. The molecule has 176 valence electrons. The maximum Gasteiger partial charge on any atom is 0.410 e. The van der Waals surface area contributed by atoms with Crippen LogP contribution in [0.15, 0.2) is 48.9 Å². The fraction of sp³-hybridized carbons (Fsp3) is 0.333. The molecule has 1 aromatic carbocycles. The van der Waals surface area contributed by atoms with Crippen LogP contribution < -0.4 is 10.1 Å². The molecule has 2 fully saturated rings. The number of amides is 2. The summed E-state index contributed by atoms with van der Waals surface area (Å²) in [5.41, 5.74) is 2.79. The van der Waals surface area contributed by atoms with E-state index in [9.17, 15) is 9.59 Å². The first kappa shape index (κ1) is 22.2. The predicted molar refractivity (Wildman–Crippen MR) is 125 cm³/mol. The normalized spacial score (nSPS) is 19.5. The molecule has 2 atom stereocenters. The molecule has 2 aliphatic rings. The summed E-state index contributed by atoms with van der Waals surface area (Å²) in [6.07, 6.45) is 6.21. The number of benzene rings is 1. The van der Waals surface area contributed by atoms with Gasteiger partial charge in [0, 0.05) is 67.6 Å². The second-order valence-electron chi connectivity index (χ2n) is 8.47. The van der Waals surface area contributed by atoms with Crippen molar-refractivity contribution in [2.24, 2.45) is 7.05 Å². The third-order valence-electron chi connectivity index (χ3n) is 6.08. The van der Waals surface area contributed by atoms with Crippen molar-refractivity contribution in [2.75, 3.05) is 13.2 Å². The largest absolute Gasteiger partial charge is 0.489 e. The number of aromatic nitrogens is 3. The number of halogens is 1. The number of carbonyl (C=O) groups excluding carboxylic acids is 2. The lowest BCUT2D eigenvalue weighted by molar-refractivity contribution is 0.0915. The van der Waals surface area contributed by atoms with Gasteiger partial charge in [-0.25, -0.2) is 4.79 Å². The summed E-state index contributed by atoms with van der Waals surface area (Å²) in [5.74, 6) is 0.255. The number of hydrogen-bond acceptors (Lipinski definition) is 6. The van der Waals surface area contributed by atoms with Gasteiger partial charge in [0.05, 0.1) is 12.2 Å². The lowest BCUT2D eigenvalue weighted by Gasteiger charge is -2.32. The fourth-order valence-corrected chi connectivity index (χ4v) is 4.39. The molecule has 34 heavy (non-hydrogen) atoms. The Balaban J connectivity index is 1.35. The molecule has 2 saturated heterocycles. The molecule has 4 heterocycles. The van der Waals surface area contributed by atoms with E-state index in [1.54, 1.807) is 40.2 Å². The lowest BCUT2D eigenvalue weighted by Crippen LogP contribution is -2.44. The minimum Gasteiger partial charge on any atom is -0.489 e. The first-order valence-electron chi connectivity index (χ1n) is 11.1. The third kappa shape index (κ3) is 4.70. The highest BCUT2D eigenvalue weighted by Gasteiger charge is 2.39. The van der Waals surface area contributed by atoms with E-state index in [2.05, 4.69) is 15.4 Å². The van der Waals surface area contributed by atoms with Crippen molar-refractivity contribution in [3.63, 3.8) is 0 Å². The van der Waals surface area contributed by atoms with E-state index in [0.29, 0.717) is 43.3 Å². The van der Waals surface area contributed by atoms with Crippen molar-refractivity contribution in [3.8, 4) is 16.9 Å². The summed E-state index contributed by atoms with van der Waals surface area (Å²) >= 11 is 5.93. The highest BCUT2D eigenvalue weighted by atomic mass is 35.5. The van der Waals surface area contributed by atoms with E-state index >= 15 is 0 Å². The molecule has 2 aromatic heterocycles. The molecule has 1 N–H and O–H groups in total. The summed E-state index contributed by atoms with van der Waals surface area (Å²) in [6.45, 7) is 1.31. The second-order valence-corrected chi connectivity index (χ2v) is 8.90. The number of cyclic esters (lactones) is 1. The van der Waals surface area contributed by atoms with Crippen LogP contribution in [-0.2, 0) is 18.3 Å². The van der Waals surface area contributed by atoms with Gasteiger partial charge < -0.3 is 19.7 Å². The second kappa shape index (κ2) is 9.34. The van der Waals surface area contributed by atoms with Gasteiger partial charge in [-0.2, -0.15) is 5.10 Å². The molecule has 0 radical (unpaired) electrons. The van der Waals surface area contributed by atoms with E-state index in [-0.39, 0.29) is 29.8 Å². The van der Waals surface area contributed by atoms with Crippen LogP contribution >= 0.6 is 11.6 Å². The Hall–Kier alpha value is -3.59. The van der Waals surface area contributed by atoms with Gasteiger partial charge in [0.2, 0.25) is 0 Å². The van der Waals surface area contributed by atoms with Gasteiger partial charge in [-0.15, -0.1) is 0 Å². The first-order chi connectivity index (χ1) is 16.5. The minimum absolute atomic E-state index is 0.0112. The number of nitrogens with zero attached hydrogens (tertiary/aromatic N) is 4. The van der Waals surface area contributed by atoms with Crippen molar-refractivity contribution >= 4 is 23.6 Å². The summed E-state index contributed by atoms with van der Waals surface area (Å²) in [5, 5.41) is 7.77. The minimum atomic E-state index is -0.304. The summed E-state index contributed by atoms with van der Waals surface area (Å²) in [7, 11) is 1.84. The van der Waals surface area contributed by atoms with Crippen LogP contribution in [0.1, 0.15) is 28.9 Å². The zero-order chi connectivity index (χ0) is 23.7. The number of fused-ring (bicyclic) bond motifs is 1. The lowest BCUT2D eigenvalue weighted by atomic mass is 10.0. The summed E-state index contributed by atoms with van der Waals surface area (Å²) < 4.78 is 13.3. The highest BCUT2D eigenvalue weighted by Crippen LogP contribution is 2.33. The number of carbonyl (C=O) groups is 2. The van der Waals surface area contributed by atoms with Gasteiger partial charge in [-0.3, -0.25) is 14.5 Å². The Morgan fingerprint density at radius 1 is 1.29 bits per heavy atom. The molecule has 5 rings (SSSR count). The zero-order valence-corrected chi connectivity index (χ0v) is 19.4. The molecule has 0 bridgehead atoms. The quantitative estimate of drug-likeness (QED) is 0.579. The maximum absolute atomic E-state index is 12.8. The average Bonchev–Trinajstić information content (AvgIpc) is 3.43. The molecular weight excluding hydrogens is 458 g/mol. The molecule has 0 spiro atoms. The first-order valence-corrected chi connectivity index (χ1v) is 11.5. The van der Waals surface area contributed by atoms with E-state index in [4.69, 9.17) is 21.1 Å². The van der Waals surface area contributed by atoms with Crippen LogP contribution in [0.25, 0.3) is 11.1 Å². The molecule has 0 unspecified atom stereocenters. The van der Waals surface area contributed by atoms with Crippen molar-refractivity contribution in [2.45, 2.75) is 31.5 Å². The fourth-order valence-electron chi connectivity index (χ4n) is 4.26. The Morgan fingerprint density at radius 3 is 2.88 bits per heavy atom. The van der Waals surface area contributed by atoms with Crippen molar-refractivity contribution in [1.82, 2.24) is 25.0 Å². The summed E-state index contributed by atoms with van der Waals surface area (Å²) in [4.78, 5) is 30.8. The van der Waals surface area contributed by atoms with Gasteiger partial charge >= 0.3 is 6.09 Å². The average molecular weight is 482 g/mol. The molecule has 2 amide bonds. The molecular formula is C24H24ClN5O4. The smallest absolute Gasteiger partial charge is 0.410 e. The number of hydrogen-bond donors (Lipinski definition) is 1. The van der Waals surface area contributed by atoms with Crippen molar-refractivity contribution in [1.29, 1.82) is 0 Å². The maximum atomic E-state index is 12.8. The van der Waals surface area contributed by atoms with Gasteiger partial charge in [-0.05, 0) is 17.7 Å². The predicted octanol–water partition coefficient (Wildman–Crippen LogP) is 3.43. The molecule has 0 aliphatic carbocycles. The number of ether oxygens (including phenoxy) is 2. The van der Waals surface area contributed by atoms with Crippen LogP contribution in [0.2, 0.25) is 5.02 Å². The third-order valence-corrected chi connectivity index (χ3v) is 6.33. The van der Waals surface area contributed by atoms with E-state index in [1.807, 2.05) is 25.4 Å². The van der Waals surface area contributed by atoms with Crippen LogP contribution in [-0.4, -0.2) is 57.0 Å². The number of aryl methyl sites for hydroxylation is 1. The van der Waals surface area contributed by atoms with Crippen LogP contribution in [0.3, 0.4) is 0 Å². The standard InChI is InChI=1S/C24H24ClN5O4/c1-29-13-16(11-28-29)20-12-26-21(23(31)27-10-15-2-4-17(25)5-3-15)9-22(20)34-19-6-7-30-18(8-19)14-33-24(30)32/h2-5,9,11-13,18-19H,6-8,10,14H2,1H3,(H,27,31)/t18-,19-/m0/s1. The van der Waals surface area contributed by atoms with Crippen molar-refractivity contribution < 1.29 is 19.1 Å². The number of nitrogens with one attached hydrogen (secondary N) is 1. The molecule has 10 heteroatoms. The monoisotopic (exact) mass is 481 g/mol. The Kier molecular flexibility index (Phi) is 6.10. The molecule has 9 nitrogen and oxygen atoms in total. The topological polar surface area (TPSA) is 98.6 Å². The van der Waals surface area contributed by atoms with Gasteiger partial charge in [0.15, 0.2) is 0 Å². The highest BCUT2D eigenvalue weighted by molar-refractivity contribution is 6.30. The zero-order valence-electron chi connectivity index (χ0n) is 18.6. The molecule has 3 aromatic rings. The Morgan fingerprint density at radius 2 is 2.12 bits per heavy atom. The Labute approximate surface area is 201 Å². The van der Waals surface area contributed by atoms with Crippen LogP contribution in [0.4, 0.5) is 4.79 Å². The van der Waals surface area contributed by atoms with E-state index in [0.717, 1.165) is 16.7 Å². The van der Waals surface area contributed by atoms with E-state index < -0.39 is 0 Å². The number of rotatable bonds is 6. The summed E-state index contributed by atoms with van der Waals surface area (Å²) in [6, 6.07) is 8.97. The van der Waals surface area contributed by atoms with Crippen LogP contribution in [0.5, 0.6) is 5.75 Å². The Bertz CT molecular complexity index is 1210. The van der Waals surface area contributed by atoms with Gasteiger partial charge in [0.1, 0.15) is 24.2 Å². The number of pyridine rings is 1. The molecule has 2 aliphatic heterocycles.